The largest absolute Gasteiger partial charge is 0.478 e. The van der Waals surface area contributed by atoms with E-state index in [0.717, 1.165) is 11.3 Å². The Balaban J connectivity index is 2.75. The predicted molar refractivity (Wildman–Crippen MR) is 84.0 cm³/mol. The molecular formula is C16H24N2O3. The number of nitrogens with one attached hydrogen (secondary N) is 1. The number of pyridine rings is 1. The van der Waals surface area contributed by atoms with Gasteiger partial charge in [0.05, 0.1) is 18.8 Å². The van der Waals surface area contributed by atoms with E-state index in [1.807, 2.05) is 27.7 Å². The maximum atomic E-state index is 11.2. The fourth-order valence-corrected chi connectivity index (χ4v) is 1.63. The monoisotopic (exact) mass is 292 g/mol. The van der Waals surface area contributed by atoms with Crippen LogP contribution in [0, 0.1) is 0 Å². The lowest BCUT2D eigenvalue weighted by Crippen LogP contribution is -2.18. The fourth-order valence-electron chi connectivity index (χ4n) is 1.63. The fraction of sp³-hybridized carbons (Fsp3) is 0.500. The molecule has 2 N–H and O–H groups in total. The van der Waals surface area contributed by atoms with Crippen molar-refractivity contribution in [3.05, 3.63) is 35.5 Å². The average Bonchev–Trinajstić information content (AvgIpc) is 2.36. The summed E-state index contributed by atoms with van der Waals surface area (Å²) in [6, 6.07) is 3.15. The van der Waals surface area contributed by atoms with Crippen molar-refractivity contribution in [2.45, 2.75) is 33.1 Å². The summed E-state index contributed by atoms with van der Waals surface area (Å²) < 4.78 is 5.39. The SMILES string of the molecule is C=C(C)COCCNc1cc(C(=O)O)cc(C(C)(C)C)n1. The molecule has 0 fully saturated rings. The number of hydrogen-bond acceptors (Lipinski definition) is 4. The Kier molecular flexibility index (Phi) is 5.90. The van der Waals surface area contributed by atoms with Gasteiger partial charge in [-0.2, -0.15) is 0 Å². The second-order valence-electron chi connectivity index (χ2n) is 6.12. The summed E-state index contributed by atoms with van der Waals surface area (Å²) in [4.78, 5) is 15.7. The van der Waals surface area contributed by atoms with E-state index in [2.05, 4.69) is 16.9 Å². The van der Waals surface area contributed by atoms with Crippen LogP contribution in [-0.4, -0.2) is 35.8 Å². The summed E-state index contributed by atoms with van der Waals surface area (Å²) in [5, 5.41) is 12.3. The summed E-state index contributed by atoms with van der Waals surface area (Å²) in [7, 11) is 0. The Morgan fingerprint density at radius 3 is 2.62 bits per heavy atom. The number of aromatic carboxylic acids is 1. The van der Waals surface area contributed by atoms with Crippen LogP contribution in [0.3, 0.4) is 0 Å². The van der Waals surface area contributed by atoms with Gasteiger partial charge < -0.3 is 15.2 Å². The molecule has 1 rings (SSSR count). The van der Waals surface area contributed by atoms with Crippen LogP contribution in [0.1, 0.15) is 43.7 Å². The molecule has 0 bridgehead atoms. The summed E-state index contributed by atoms with van der Waals surface area (Å²) in [6.45, 7) is 13.3. The molecule has 1 aromatic heterocycles. The molecule has 0 unspecified atom stereocenters. The minimum Gasteiger partial charge on any atom is -0.478 e. The van der Waals surface area contributed by atoms with Gasteiger partial charge in [0, 0.05) is 17.7 Å². The number of aromatic nitrogens is 1. The number of carboxylic acids is 1. The Morgan fingerprint density at radius 1 is 1.43 bits per heavy atom. The maximum absolute atomic E-state index is 11.2. The summed E-state index contributed by atoms with van der Waals surface area (Å²) >= 11 is 0. The van der Waals surface area contributed by atoms with E-state index in [1.54, 1.807) is 6.07 Å². The molecule has 1 aromatic rings. The predicted octanol–water partition coefficient (Wildman–Crippen LogP) is 3.08. The minimum absolute atomic E-state index is 0.210. The van der Waals surface area contributed by atoms with E-state index in [4.69, 9.17) is 4.74 Å². The summed E-state index contributed by atoms with van der Waals surface area (Å²) in [5.41, 5.74) is 1.74. The first-order valence-corrected chi connectivity index (χ1v) is 6.92. The minimum atomic E-state index is -0.954. The third kappa shape index (κ3) is 5.95. The molecule has 116 valence electrons. The molecule has 0 aliphatic heterocycles. The van der Waals surface area contributed by atoms with Gasteiger partial charge in [-0.25, -0.2) is 9.78 Å². The lowest BCUT2D eigenvalue weighted by molar-refractivity contribution is 0.0696. The first-order valence-electron chi connectivity index (χ1n) is 6.92. The number of nitrogens with zero attached hydrogens (tertiary/aromatic N) is 1. The molecule has 0 aliphatic carbocycles. The van der Waals surface area contributed by atoms with E-state index >= 15 is 0 Å². The first kappa shape index (κ1) is 17.2. The van der Waals surface area contributed by atoms with Gasteiger partial charge in [0.15, 0.2) is 0 Å². The van der Waals surface area contributed by atoms with Gasteiger partial charge in [-0.15, -0.1) is 0 Å². The average molecular weight is 292 g/mol. The Hall–Kier alpha value is -1.88. The molecule has 5 heteroatoms. The Labute approximate surface area is 126 Å². The van der Waals surface area contributed by atoms with Crippen molar-refractivity contribution < 1.29 is 14.6 Å². The van der Waals surface area contributed by atoms with Crippen LogP contribution in [0.15, 0.2) is 24.3 Å². The second kappa shape index (κ2) is 7.22. The Morgan fingerprint density at radius 2 is 2.10 bits per heavy atom. The van der Waals surface area contributed by atoms with Crippen molar-refractivity contribution in [3.63, 3.8) is 0 Å². The van der Waals surface area contributed by atoms with E-state index < -0.39 is 5.97 Å². The van der Waals surface area contributed by atoms with Gasteiger partial charge in [-0.1, -0.05) is 32.9 Å². The number of hydrogen-bond donors (Lipinski definition) is 2. The van der Waals surface area contributed by atoms with E-state index in [0.29, 0.717) is 25.6 Å². The molecular weight excluding hydrogens is 268 g/mol. The van der Waals surface area contributed by atoms with E-state index in [-0.39, 0.29) is 11.0 Å². The number of carboxylic acid groups (broad SMARTS) is 1. The van der Waals surface area contributed by atoms with Crippen LogP contribution < -0.4 is 5.32 Å². The van der Waals surface area contributed by atoms with Gasteiger partial charge in [0.25, 0.3) is 0 Å². The number of ether oxygens (including phenoxy) is 1. The second-order valence-corrected chi connectivity index (χ2v) is 6.12. The maximum Gasteiger partial charge on any atom is 0.335 e. The van der Waals surface area contributed by atoms with Crippen molar-refractivity contribution in [2.75, 3.05) is 25.1 Å². The summed E-state index contributed by atoms with van der Waals surface area (Å²) in [6.07, 6.45) is 0. The smallest absolute Gasteiger partial charge is 0.335 e. The van der Waals surface area contributed by atoms with Crippen molar-refractivity contribution >= 4 is 11.8 Å². The van der Waals surface area contributed by atoms with Crippen LogP contribution in [0.5, 0.6) is 0 Å². The van der Waals surface area contributed by atoms with E-state index in [9.17, 15) is 9.90 Å². The molecule has 0 atom stereocenters. The standard InChI is InChI=1S/C16H24N2O3/c1-11(2)10-21-7-6-17-14-9-12(15(19)20)8-13(18-14)16(3,4)5/h8-9H,1,6-7,10H2,2-5H3,(H,17,18)(H,19,20). The van der Waals surface area contributed by atoms with Gasteiger partial charge in [-0.05, 0) is 19.1 Å². The van der Waals surface area contributed by atoms with Gasteiger partial charge in [0.1, 0.15) is 5.82 Å². The highest BCUT2D eigenvalue weighted by atomic mass is 16.5. The molecule has 0 amide bonds. The van der Waals surface area contributed by atoms with Gasteiger partial charge >= 0.3 is 5.97 Å². The highest BCUT2D eigenvalue weighted by Gasteiger charge is 2.19. The topological polar surface area (TPSA) is 71.5 Å². The zero-order chi connectivity index (χ0) is 16.0. The van der Waals surface area contributed by atoms with Gasteiger partial charge in [0.2, 0.25) is 0 Å². The van der Waals surface area contributed by atoms with Crippen LogP contribution in [0.25, 0.3) is 0 Å². The third-order valence-corrected chi connectivity index (χ3v) is 2.74. The highest BCUT2D eigenvalue weighted by molar-refractivity contribution is 5.88. The van der Waals surface area contributed by atoms with Crippen molar-refractivity contribution in [1.29, 1.82) is 0 Å². The highest BCUT2D eigenvalue weighted by Crippen LogP contribution is 2.23. The first-order chi connectivity index (χ1) is 9.70. The Bertz CT molecular complexity index is 519. The van der Waals surface area contributed by atoms with Crippen molar-refractivity contribution in [2.24, 2.45) is 0 Å². The lowest BCUT2D eigenvalue weighted by Gasteiger charge is -2.19. The molecule has 1 heterocycles. The zero-order valence-electron chi connectivity index (χ0n) is 13.2. The number of carbonyl (C=O) groups is 1. The van der Waals surface area contributed by atoms with Crippen LogP contribution in [0.4, 0.5) is 5.82 Å². The lowest BCUT2D eigenvalue weighted by atomic mass is 9.91. The third-order valence-electron chi connectivity index (χ3n) is 2.74. The molecule has 0 saturated heterocycles. The van der Waals surface area contributed by atoms with E-state index in [1.165, 1.54) is 6.07 Å². The quantitative estimate of drug-likeness (QED) is 0.597. The number of rotatable bonds is 7. The van der Waals surface area contributed by atoms with Crippen LogP contribution in [0.2, 0.25) is 0 Å². The molecule has 0 spiro atoms. The molecule has 0 aromatic carbocycles. The summed E-state index contributed by atoms with van der Waals surface area (Å²) in [5.74, 6) is -0.400. The molecule has 5 nitrogen and oxygen atoms in total. The van der Waals surface area contributed by atoms with Crippen molar-refractivity contribution in [1.82, 2.24) is 4.98 Å². The molecule has 21 heavy (non-hydrogen) atoms. The van der Waals surface area contributed by atoms with Crippen LogP contribution in [-0.2, 0) is 10.2 Å². The molecule has 0 radical (unpaired) electrons. The van der Waals surface area contributed by atoms with Gasteiger partial charge in [-0.3, -0.25) is 0 Å². The molecule has 0 aliphatic rings. The molecule has 0 saturated carbocycles. The zero-order valence-corrected chi connectivity index (χ0v) is 13.2. The normalized spacial score (nSPS) is 11.2. The van der Waals surface area contributed by atoms with Crippen molar-refractivity contribution in [3.8, 4) is 0 Å². The van der Waals surface area contributed by atoms with Crippen LogP contribution >= 0.6 is 0 Å². The number of anilines is 1.